The van der Waals surface area contributed by atoms with Crippen molar-refractivity contribution in [1.29, 1.82) is 0 Å². The molecule has 2 atom stereocenters. The Morgan fingerprint density at radius 1 is 1.61 bits per heavy atom. The van der Waals surface area contributed by atoms with Crippen LogP contribution < -0.4 is 11.1 Å². The number of hydrogen-bond donors (Lipinski definition) is 2. The van der Waals surface area contributed by atoms with Crippen molar-refractivity contribution in [3.05, 3.63) is 24.2 Å². The molecule has 2 heterocycles. The van der Waals surface area contributed by atoms with E-state index in [2.05, 4.69) is 5.32 Å². The third-order valence-corrected chi connectivity index (χ3v) is 3.19. The molecule has 1 aromatic heterocycles. The van der Waals surface area contributed by atoms with Crippen LogP contribution in [0.1, 0.15) is 30.9 Å². The van der Waals surface area contributed by atoms with E-state index in [1.54, 1.807) is 12.3 Å². The number of carbonyl (C=O) groups excluding carboxylic acids is 1. The molecule has 0 aliphatic carbocycles. The fourth-order valence-electron chi connectivity index (χ4n) is 2.20. The summed E-state index contributed by atoms with van der Waals surface area (Å²) in [5.74, 6) is 0.336. The lowest BCUT2D eigenvalue weighted by Gasteiger charge is -2.16. The smallest absolute Gasteiger partial charge is 0.230 e. The van der Waals surface area contributed by atoms with Crippen LogP contribution in [-0.2, 0) is 9.53 Å². The third-order valence-electron chi connectivity index (χ3n) is 3.19. The minimum Gasteiger partial charge on any atom is -0.469 e. The number of furan rings is 1. The first kappa shape index (κ1) is 13.1. The van der Waals surface area contributed by atoms with E-state index in [1.807, 2.05) is 6.07 Å². The van der Waals surface area contributed by atoms with Gasteiger partial charge in [-0.1, -0.05) is 0 Å². The van der Waals surface area contributed by atoms with Crippen molar-refractivity contribution in [3.8, 4) is 0 Å². The highest BCUT2D eigenvalue weighted by molar-refractivity contribution is 5.82. The van der Waals surface area contributed by atoms with Gasteiger partial charge in [-0.05, 0) is 37.9 Å². The summed E-state index contributed by atoms with van der Waals surface area (Å²) in [4.78, 5) is 12.1. The van der Waals surface area contributed by atoms with Crippen molar-refractivity contribution in [2.45, 2.75) is 31.3 Å². The van der Waals surface area contributed by atoms with Gasteiger partial charge in [0.05, 0.1) is 18.3 Å². The Morgan fingerprint density at radius 2 is 2.50 bits per heavy atom. The highest BCUT2D eigenvalue weighted by Gasteiger charge is 2.24. The van der Waals surface area contributed by atoms with E-state index in [9.17, 15) is 4.79 Å². The largest absolute Gasteiger partial charge is 0.469 e. The first-order valence-electron chi connectivity index (χ1n) is 6.44. The van der Waals surface area contributed by atoms with Crippen LogP contribution in [0.15, 0.2) is 22.8 Å². The summed E-state index contributed by atoms with van der Waals surface area (Å²) >= 11 is 0. The predicted molar refractivity (Wildman–Crippen MR) is 67.1 cm³/mol. The number of nitrogens with two attached hydrogens (primary N) is 1. The number of rotatable bonds is 6. The quantitative estimate of drug-likeness (QED) is 0.792. The third kappa shape index (κ3) is 3.34. The van der Waals surface area contributed by atoms with Crippen LogP contribution in [0.5, 0.6) is 0 Å². The van der Waals surface area contributed by atoms with Gasteiger partial charge in [0.15, 0.2) is 0 Å². The Labute approximate surface area is 107 Å². The normalized spacial score (nSPS) is 20.8. The van der Waals surface area contributed by atoms with Gasteiger partial charge in [0, 0.05) is 13.2 Å². The summed E-state index contributed by atoms with van der Waals surface area (Å²) in [7, 11) is 0. The second kappa shape index (κ2) is 6.56. The minimum atomic E-state index is -0.300. The molecule has 2 unspecified atom stereocenters. The number of nitrogens with one attached hydrogen (secondary N) is 1. The lowest BCUT2D eigenvalue weighted by molar-refractivity contribution is -0.123. The molecule has 2 rings (SSSR count). The summed E-state index contributed by atoms with van der Waals surface area (Å²) < 4.78 is 10.8. The molecular weight excluding hydrogens is 232 g/mol. The number of carbonyl (C=O) groups is 1. The summed E-state index contributed by atoms with van der Waals surface area (Å²) in [6, 6.07) is 3.60. The summed E-state index contributed by atoms with van der Waals surface area (Å²) in [5.41, 5.74) is 5.55. The fourth-order valence-corrected chi connectivity index (χ4v) is 2.20. The van der Waals surface area contributed by atoms with E-state index < -0.39 is 0 Å². The minimum absolute atomic E-state index is 0.0362. The molecule has 5 heteroatoms. The van der Waals surface area contributed by atoms with Gasteiger partial charge >= 0.3 is 0 Å². The Balaban J connectivity index is 1.87. The van der Waals surface area contributed by atoms with Gasteiger partial charge in [0.2, 0.25) is 5.91 Å². The molecule has 1 aromatic rings. The summed E-state index contributed by atoms with van der Waals surface area (Å²) in [5, 5.41) is 2.92. The zero-order valence-electron chi connectivity index (χ0n) is 10.4. The zero-order valence-corrected chi connectivity index (χ0v) is 10.4. The molecule has 0 spiro atoms. The molecule has 18 heavy (non-hydrogen) atoms. The molecule has 5 nitrogen and oxygen atoms in total. The summed E-state index contributed by atoms with van der Waals surface area (Å²) in [6.07, 6.45) is 4.41. The van der Waals surface area contributed by atoms with Gasteiger partial charge < -0.3 is 20.2 Å². The highest BCUT2D eigenvalue weighted by Crippen LogP contribution is 2.20. The topological polar surface area (TPSA) is 77.5 Å². The van der Waals surface area contributed by atoms with Gasteiger partial charge in [-0.3, -0.25) is 4.79 Å². The second-order valence-corrected chi connectivity index (χ2v) is 4.53. The van der Waals surface area contributed by atoms with E-state index in [0.29, 0.717) is 25.3 Å². The molecular formula is C13H20N2O3. The Hall–Kier alpha value is -1.33. The van der Waals surface area contributed by atoms with E-state index >= 15 is 0 Å². The molecule has 1 fully saturated rings. The van der Waals surface area contributed by atoms with Crippen LogP contribution >= 0.6 is 0 Å². The molecule has 1 saturated heterocycles. The van der Waals surface area contributed by atoms with E-state index in [1.165, 1.54) is 0 Å². The molecule has 1 amide bonds. The SMILES string of the molecule is NCCC(C(=O)NCC1CCCO1)c1ccco1. The van der Waals surface area contributed by atoms with E-state index in [4.69, 9.17) is 14.9 Å². The molecule has 0 aromatic carbocycles. The Morgan fingerprint density at radius 3 is 3.11 bits per heavy atom. The standard InChI is InChI=1S/C13H20N2O3/c14-6-5-11(12-4-2-8-18-12)13(16)15-9-10-3-1-7-17-10/h2,4,8,10-11H,1,3,5-7,9,14H2,(H,15,16). The van der Waals surface area contributed by atoms with Crippen molar-refractivity contribution >= 4 is 5.91 Å². The van der Waals surface area contributed by atoms with Crippen molar-refractivity contribution in [1.82, 2.24) is 5.32 Å². The Bertz CT molecular complexity index is 358. The number of amides is 1. The zero-order chi connectivity index (χ0) is 12.8. The fraction of sp³-hybridized carbons (Fsp3) is 0.615. The van der Waals surface area contributed by atoms with Crippen molar-refractivity contribution in [2.75, 3.05) is 19.7 Å². The lowest BCUT2D eigenvalue weighted by atomic mass is 10.0. The van der Waals surface area contributed by atoms with Crippen molar-refractivity contribution in [3.63, 3.8) is 0 Å². The average molecular weight is 252 g/mol. The lowest BCUT2D eigenvalue weighted by Crippen LogP contribution is -2.35. The molecule has 3 N–H and O–H groups in total. The van der Waals surface area contributed by atoms with Crippen LogP contribution in [0.25, 0.3) is 0 Å². The molecule has 0 radical (unpaired) electrons. The van der Waals surface area contributed by atoms with Gasteiger partial charge in [-0.2, -0.15) is 0 Å². The van der Waals surface area contributed by atoms with Crippen LogP contribution in [-0.4, -0.2) is 31.7 Å². The van der Waals surface area contributed by atoms with Gasteiger partial charge in [-0.15, -0.1) is 0 Å². The van der Waals surface area contributed by atoms with E-state index in [0.717, 1.165) is 19.4 Å². The number of hydrogen-bond acceptors (Lipinski definition) is 4. The van der Waals surface area contributed by atoms with Crippen LogP contribution in [0, 0.1) is 0 Å². The molecule has 0 bridgehead atoms. The highest BCUT2D eigenvalue weighted by atomic mass is 16.5. The summed E-state index contributed by atoms with van der Waals surface area (Å²) in [6.45, 7) is 1.82. The maximum atomic E-state index is 12.1. The van der Waals surface area contributed by atoms with Crippen molar-refractivity contribution in [2.24, 2.45) is 5.73 Å². The monoisotopic (exact) mass is 252 g/mol. The van der Waals surface area contributed by atoms with Crippen molar-refractivity contribution < 1.29 is 13.9 Å². The number of ether oxygens (including phenoxy) is 1. The van der Waals surface area contributed by atoms with Gasteiger partial charge in [0.25, 0.3) is 0 Å². The van der Waals surface area contributed by atoms with Crippen LogP contribution in [0.3, 0.4) is 0 Å². The maximum Gasteiger partial charge on any atom is 0.230 e. The molecule has 1 aliphatic heterocycles. The molecule has 1 aliphatic rings. The van der Waals surface area contributed by atoms with Crippen LogP contribution in [0.4, 0.5) is 0 Å². The van der Waals surface area contributed by atoms with Gasteiger partial charge in [0.1, 0.15) is 5.76 Å². The molecule has 0 saturated carbocycles. The first-order valence-corrected chi connectivity index (χ1v) is 6.44. The second-order valence-electron chi connectivity index (χ2n) is 4.53. The average Bonchev–Trinajstić information content (AvgIpc) is 3.05. The Kier molecular flexibility index (Phi) is 4.78. The molecule has 100 valence electrons. The van der Waals surface area contributed by atoms with E-state index in [-0.39, 0.29) is 17.9 Å². The first-order chi connectivity index (χ1) is 8.81. The maximum absolute atomic E-state index is 12.1. The predicted octanol–water partition coefficient (Wildman–Crippen LogP) is 1.01. The van der Waals surface area contributed by atoms with Gasteiger partial charge in [-0.25, -0.2) is 0 Å². The van der Waals surface area contributed by atoms with Crippen LogP contribution in [0.2, 0.25) is 0 Å².